The van der Waals surface area contributed by atoms with E-state index in [1.807, 2.05) is 42.5 Å². The normalized spacial score (nSPS) is 15.4. The Hall–Kier alpha value is -1.96. The Morgan fingerprint density at radius 2 is 1.42 bits per heavy atom. The van der Waals surface area contributed by atoms with E-state index in [0.717, 1.165) is 11.5 Å². The average Bonchev–Trinajstić information content (AvgIpc) is 2.95. The molecule has 1 aliphatic carbocycles. The number of hydrogen-bond acceptors (Lipinski definition) is 2. The maximum absolute atomic E-state index is 5.78. The van der Waals surface area contributed by atoms with Crippen molar-refractivity contribution in [2.24, 2.45) is 0 Å². The van der Waals surface area contributed by atoms with Crippen molar-refractivity contribution in [2.45, 2.75) is 31.7 Å². The minimum atomic E-state index is 0.654. The van der Waals surface area contributed by atoms with Gasteiger partial charge in [0, 0.05) is 11.7 Å². The van der Waals surface area contributed by atoms with Gasteiger partial charge in [0.25, 0.3) is 0 Å². The summed E-state index contributed by atoms with van der Waals surface area (Å²) in [6.45, 7) is 0. The van der Waals surface area contributed by atoms with E-state index >= 15 is 0 Å². The van der Waals surface area contributed by atoms with Crippen LogP contribution in [0.4, 0.5) is 5.69 Å². The zero-order chi connectivity index (χ0) is 12.9. The Balaban J connectivity index is 1.62. The van der Waals surface area contributed by atoms with Gasteiger partial charge in [-0.25, -0.2) is 0 Å². The van der Waals surface area contributed by atoms with Crippen LogP contribution in [0.2, 0.25) is 0 Å². The van der Waals surface area contributed by atoms with Crippen molar-refractivity contribution in [1.29, 1.82) is 0 Å². The van der Waals surface area contributed by atoms with Gasteiger partial charge in [-0.15, -0.1) is 0 Å². The maximum Gasteiger partial charge on any atom is 0.127 e. The van der Waals surface area contributed by atoms with Crippen LogP contribution in [0, 0.1) is 0 Å². The van der Waals surface area contributed by atoms with Crippen molar-refractivity contribution in [3.63, 3.8) is 0 Å². The fourth-order valence-electron chi connectivity index (χ4n) is 2.55. The molecule has 0 amide bonds. The van der Waals surface area contributed by atoms with Gasteiger partial charge in [-0.3, -0.25) is 0 Å². The molecule has 0 atom stereocenters. The third kappa shape index (κ3) is 3.28. The summed E-state index contributed by atoms with van der Waals surface area (Å²) in [5, 5.41) is 3.58. The SMILES string of the molecule is c1ccc(Oc2ccc(NC3CCCC3)cc2)cc1. The first-order valence-corrected chi connectivity index (χ1v) is 7.00. The van der Waals surface area contributed by atoms with Crippen molar-refractivity contribution in [3.05, 3.63) is 54.6 Å². The van der Waals surface area contributed by atoms with E-state index in [-0.39, 0.29) is 0 Å². The Labute approximate surface area is 114 Å². The van der Waals surface area contributed by atoms with Gasteiger partial charge in [0.2, 0.25) is 0 Å². The summed E-state index contributed by atoms with van der Waals surface area (Å²) in [6, 6.07) is 18.7. The molecule has 2 aromatic rings. The molecule has 1 N–H and O–H groups in total. The highest BCUT2D eigenvalue weighted by Crippen LogP contribution is 2.25. The highest BCUT2D eigenvalue weighted by atomic mass is 16.5. The van der Waals surface area contributed by atoms with E-state index in [9.17, 15) is 0 Å². The molecule has 0 heterocycles. The summed E-state index contributed by atoms with van der Waals surface area (Å²) in [5.41, 5.74) is 1.19. The number of ether oxygens (including phenoxy) is 1. The topological polar surface area (TPSA) is 21.3 Å². The average molecular weight is 253 g/mol. The van der Waals surface area contributed by atoms with Crippen molar-refractivity contribution >= 4 is 5.69 Å². The van der Waals surface area contributed by atoms with Gasteiger partial charge in [0.15, 0.2) is 0 Å². The fourth-order valence-corrected chi connectivity index (χ4v) is 2.55. The molecule has 2 heteroatoms. The number of para-hydroxylation sites is 1. The molecule has 2 nitrogen and oxygen atoms in total. The number of nitrogens with one attached hydrogen (secondary N) is 1. The molecule has 3 rings (SSSR count). The van der Waals surface area contributed by atoms with Crippen LogP contribution in [0.1, 0.15) is 25.7 Å². The number of anilines is 1. The first kappa shape index (κ1) is 12.1. The first-order chi connectivity index (χ1) is 9.40. The molecule has 2 aromatic carbocycles. The molecule has 0 radical (unpaired) electrons. The Morgan fingerprint density at radius 1 is 0.789 bits per heavy atom. The molecule has 0 saturated heterocycles. The van der Waals surface area contributed by atoms with E-state index in [4.69, 9.17) is 4.74 Å². The van der Waals surface area contributed by atoms with E-state index in [1.54, 1.807) is 0 Å². The second-order valence-electron chi connectivity index (χ2n) is 5.07. The predicted molar refractivity (Wildman–Crippen MR) is 78.8 cm³/mol. The third-order valence-corrected chi connectivity index (χ3v) is 3.56. The van der Waals surface area contributed by atoms with Crippen LogP contribution >= 0.6 is 0 Å². The Morgan fingerprint density at radius 3 is 2.11 bits per heavy atom. The summed E-state index contributed by atoms with van der Waals surface area (Å²) in [6.07, 6.45) is 5.30. The molecular weight excluding hydrogens is 234 g/mol. The molecule has 0 spiro atoms. The molecule has 19 heavy (non-hydrogen) atoms. The summed E-state index contributed by atoms with van der Waals surface area (Å²) >= 11 is 0. The van der Waals surface area contributed by atoms with Crippen LogP contribution in [-0.4, -0.2) is 6.04 Å². The molecule has 1 aliphatic rings. The predicted octanol–water partition coefficient (Wildman–Crippen LogP) is 4.83. The van der Waals surface area contributed by atoms with Crippen molar-refractivity contribution in [3.8, 4) is 11.5 Å². The molecule has 0 unspecified atom stereocenters. The standard InChI is InChI=1S/C17H19NO/c1-2-8-16(9-3-1)19-17-12-10-15(11-13-17)18-14-6-4-5-7-14/h1-3,8-14,18H,4-7H2. The van der Waals surface area contributed by atoms with Crippen LogP contribution < -0.4 is 10.1 Å². The lowest BCUT2D eigenvalue weighted by Crippen LogP contribution is -2.14. The van der Waals surface area contributed by atoms with Crippen LogP contribution in [0.15, 0.2) is 54.6 Å². The highest BCUT2D eigenvalue weighted by molar-refractivity contribution is 5.48. The van der Waals surface area contributed by atoms with Gasteiger partial charge in [-0.05, 0) is 49.2 Å². The van der Waals surface area contributed by atoms with Gasteiger partial charge < -0.3 is 10.1 Å². The molecule has 1 saturated carbocycles. The zero-order valence-electron chi connectivity index (χ0n) is 11.0. The minimum Gasteiger partial charge on any atom is -0.457 e. The molecule has 98 valence electrons. The summed E-state index contributed by atoms with van der Waals surface area (Å²) < 4.78 is 5.78. The van der Waals surface area contributed by atoms with E-state index in [0.29, 0.717) is 6.04 Å². The minimum absolute atomic E-state index is 0.654. The third-order valence-electron chi connectivity index (χ3n) is 3.56. The van der Waals surface area contributed by atoms with Gasteiger partial charge in [0.1, 0.15) is 11.5 Å². The molecule has 0 bridgehead atoms. The number of benzene rings is 2. The fraction of sp³-hybridized carbons (Fsp3) is 0.294. The second kappa shape index (κ2) is 5.79. The van der Waals surface area contributed by atoms with Gasteiger partial charge >= 0.3 is 0 Å². The second-order valence-corrected chi connectivity index (χ2v) is 5.07. The summed E-state index contributed by atoms with van der Waals surface area (Å²) in [7, 11) is 0. The van der Waals surface area contributed by atoms with E-state index < -0.39 is 0 Å². The largest absolute Gasteiger partial charge is 0.457 e. The lowest BCUT2D eigenvalue weighted by Gasteiger charge is -2.14. The molecule has 1 fully saturated rings. The summed E-state index contributed by atoms with van der Waals surface area (Å²) in [5.74, 6) is 1.75. The van der Waals surface area contributed by atoms with E-state index in [1.165, 1.54) is 31.4 Å². The smallest absolute Gasteiger partial charge is 0.127 e. The van der Waals surface area contributed by atoms with Crippen molar-refractivity contribution in [1.82, 2.24) is 0 Å². The van der Waals surface area contributed by atoms with Crippen LogP contribution in [0.5, 0.6) is 11.5 Å². The lowest BCUT2D eigenvalue weighted by molar-refractivity contribution is 0.483. The number of rotatable bonds is 4. The zero-order valence-corrected chi connectivity index (χ0v) is 11.0. The van der Waals surface area contributed by atoms with Gasteiger partial charge in [0.05, 0.1) is 0 Å². The van der Waals surface area contributed by atoms with Crippen molar-refractivity contribution < 1.29 is 4.74 Å². The first-order valence-electron chi connectivity index (χ1n) is 7.00. The summed E-state index contributed by atoms with van der Waals surface area (Å²) in [4.78, 5) is 0. The van der Waals surface area contributed by atoms with Gasteiger partial charge in [-0.1, -0.05) is 31.0 Å². The quantitative estimate of drug-likeness (QED) is 0.842. The van der Waals surface area contributed by atoms with Crippen molar-refractivity contribution in [2.75, 3.05) is 5.32 Å². The maximum atomic E-state index is 5.78. The molecule has 0 aliphatic heterocycles. The van der Waals surface area contributed by atoms with Gasteiger partial charge in [-0.2, -0.15) is 0 Å². The highest BCUT2D eigenvalue weighted by Gasteiger charge is 2.14. The molecular formula is C17H19NO. The number of hydrogen-bond donors (Lipinski definition) is 1. The van der Waals surface area contributed by atoms with Crippen LogP contribution in [0.25, 0.3) is 0 Å². The monoisotopic (exact) mass is 253 g/mol. The molecule has 0 aromatic heterocycles. The Kier molecular flexibility index (Phi) is 3.68. The van der Waals surface area contributed by atoms with E-state index in [2.05, 4.69) is 17.4 Å². The van der Waals surface area contributed by atoms with Crippen LogP contribution in [-0.2, 0) is 0 Å². The van der Waals surface area contributed by atoms with Crippen LogP contribution in [0.3, 0.4) is 0 Å². The Bertz CT molecular complexity index is 501. The lowest BCUT2D eigenvalue weighted by atomic mass is 10.2.